The number of rotatable bonds is 6. The van der Waals surface area contributed by atoms with Crippen molar-refractivity contribution in [1.29, 1.82) is 0 Å². The molecule has 2 aromatic rings. The van der Waals surface area contributed by atoms with Crippen molar-refractivity contribution >= 4 is 34.7 Å². The van der Waals surface area contributed by atoms with Crippen LogP contribution in [0, 0.1) is 0 Å². The maximum Gasteiger partial charge on any atom is 0.178 e. The third-order valence-electron chi connectivity index (χ3n) is 2.29. The van der Waals surface area contributed by atoms with Gasteiger partial charge in [-0.05, 0) is 30.7 Å². The van der Waals surface area contributed by atoms with Crippen molar-refractivity contribution in [2.45, 2.75) is 29.1 Å². The Labute approximate surface area is 120 Å². The lowest BCUT2D eigenvalue weighted by Gasteiger charge is -2.06. The molecule has 18 heavy (non-hydrogen) atoms. The first-order valence-electron chi connectivity index (χ1n) is 5.72. The zero-order valence-corrected chi connectivity index (χ0v) is 12.4. The molecule has 1 heterocycles. The minimum absolute atomic E-state index is 0.769. The number of nitrogens with zero attached hydrogens (tertiary/aromatic N) is 2. The number of nitrogens with one attached hydrogen (secondary N) is 1. The SMILES string of the molecule is CCCNCc1ccc(Sc2nncs2)c(Cl)c1. The standard InChI is InChI=1S/C12H14ClN3S2/c1-2-5-14-7-9-3-4-11(10(13)6-9)18-12-16-15-8-17-12/h3-4,6,8,14H,2,5,7H2,1H3. The van der Waals surface area contributed by atoms with E-state index in [2.05, 4.69) is 28.5 Å². The molecule has 0 spiro atoms. The van der Waals surface area contributed by atoms with Gasteiger partial charge >= 0.3 is 0 Å². The Bertz CT molecular complexity index is 488. The van der Waals surface area contributed by atoms with Crippen LogP contribution in [0.1, 0.15) is 18.9 Å². The van der Waals surface area contributed by atoms with Crippen molar-refractivity contribution in [3.63, 3.8) is 0 Å². The van der Waals surface area contributed by atoms with Gasteiger partial charge < -0.3 is 5.32 Å². The van der Waals surface area contributed by atoms with E-state index in [1.54, 1.807) is 17.3 Å². The molecule has 0 aliphatic rings. The Hall–Kier alpha value is -0.620. The second kappa shape index (κ2) is 7.09. The third-order valence-corrected chi connectivity index (χ3v) is 4.57. The number of hydrogen-bond acceptors (Lipinski definition) is 5. The predicted octanol–water partition coefficient (Wildman–Crippen LogP) is 3.84. The van der Waals surface area contributed by atoms with E-state index in [1.807, 2.05) is 12.1 Å². The Morgan fingerprint density at radius 1 is 1.44 bits per heavy atom. The van der Waals surface area contributed by atoms with E-state index in [0.29, 0.717) is 0 Å². The van der Waals surface area contributed by atoms with Crippen molar-refractivity contribution in [2.75, 3.05) is 6.54 Å². The number of halogens is 1. The zero-order chi connectivity index (χ0) is 12.8. The van der Waals surface area contributed by atoms with E-state index in [-0.39, 0.29) is 0 Å². The molecule has 1 aromatic heterocycles. The van der Waals surface area contributed by atoms with Gasteiger partial charge in [-0.3, -0.25) is 0 Å². The van der Waals surface area contributed by atoms with Gasteiger partial charge in [0, 0.05) is 11.4 Å². The summed E-state index contributed by atoms with van der Waals surface area (Å²) < 4.78 is 0.911. The van der Waals surface area contributed by atoms with Crippen molar-refractivity contribution in [2.24, 2.45) is 0 Å². The normalized spacial score (nSPS) is 10.8. The molecular formula is C12H14ClN3S2. The van der Waals surface area contributed by atoms with E-state index >= 15 is 0 Å². The molecule has 0 unspecified atom stereocenters. The van der Waals surface area contributed by atoms with Crippen LogP contribution in [0.5, 0.6) is 0 Å². The Morgan fingerprint density at radius 3 is 3.00 bits per heavy atom. The molecule has 3 nitrogen and oxygen atoms in total. The summed E-state index contributed by atoms with van der Waals surface area (Å²) >= 11 is 9.33. The van der Waals surface area contributed by atoms with Gasteiger partial charge in [0.25, 0.3) is 0 Å². The van der Waals surface area contributed by atoms with Gasteiger partial charge in [-0.1, -0.05) is 47.7 Å². The molecule has 0 aliphatic carbocycles. The monoisotopic (exact) mass is 299 g/mol. The first-order chi connectivity index (χ1) is 8.79. The molecule has 1 N–H and O–H groups in total. The minimum Gasteiger partial charge on any atom is -0.313 e. The van der Waals surface area contributed by atoms with Crippen LogP contribution in [-0.2, 0) is 6.54 Å². The van der Waals surface area contributed by atoms with E-state index in [0.717, 1.165) is 33.8 Å². The smallest absolute Gasteiger partial charge is 0.178 e. The maximum absolute atomic E-state index is 6.27. The van der Waals surface area contributed by atoms with E-state index in [1.165, 1.54) is 16.9 Å². The van der Waals surface area contributed by atoms with E-state index in [9.17, 15) is 0 Å². The second-order valence-corrected chi connectivity index (χ2v) is 6.28. The second-order valence-electron chi connectivity index (χ2n) is 3.75. The Kier molecular flexibility index (Phi) is 5.44. The van der Waals surface area contributed by atoms with Crippen LogP contribution >= 0.6 is 34.7 Å². The third kappa shape index (κ3) is 3.95. The Balaban J connectivity index is 2.01. The fourth-order valence-electron chi connectivity index (χ4n) is 1.45. The van der Waals surface area contributed by atoms with E-state index < -0.39 is 0 Å². The van der Waals surface area contributed by atoms with Gasteiger partial charge in [0.1, 0.15) is 5.51 Å². The van der Waals surface area contributed by atoms with Gasteiger partial charge in [0.2, 0.25) is 0 Å². The maximum atomic E-state index is 6.27. The lowest BCUT2D eigenvalue weighted by Crippen LogP contribution is -2.13. The van der Waals surface area contributed by atoms with Gasteiger partial charge in [-0.2, -0.15) is 0 Å². The zero-order valence-electron chi connectivity index (χ0n) is 10.0. The highest BCUT2D eigenvalue weighted by Crippen LogP contribution is 2.34. The number of hydrogen-bond donors (Lipinski definition) is 1. The summed E-state index contributed by atoms with van der Waals surface area (Å²) in [4.78, 5) is 1.02. The minimum atomic E-state index is 0.769. The first-order valence-corrected chi connectivity index (χ1v) is 7.80. The Morgan fingerprint density at radius 2 is 2.33 bits per heavy atom. The lowest BCUT2D eigenvalue weighted by atomic mass is 10.2. The average Bonchev–Trinajstić information content (AvgIpc) is 2.86. The quantitative estimate of drug-likeness (QED) is 0.822. The molecule has 0 bridgehead atoms. The first kappa shape index (κ1) is 13.8. The summed E-state index contributed by atoms with van der Waals surface area (Å²) in [5, 5.41) is 11.9. The average molecular weight is 300 g/mol. The summed E-state index contributed by atoms with van der Waals surface area (Å²) in [6, 6.07) is 6.14. The van der Waals surface area contributed by atoms with Crippen LogP contribution in [-0.4, -0.2) is 16.7 Å². The molecule has 0 saturated heterocycles. The largest absolute Gasteiger partial charge is 0.313 e. The van der Waals surface area contributed by atoms with Crippen LogP contribution < -0.4 is 5.32 Å². The molecule has 0 radical (unpaired) electrons. The van der Waals surface area contributed by atoms with Crippen molar-refractivity contribution < 1.29 is 0 Å². The molecule has 0 atom stereocenters. The predicted molar refractivity (Wildman–Crippen MR) is 77.5 cm³/mol. The molecule has 2 rings (SSSR count). The van der Waals surface area contributed by atoms with Gasteiger partial charge in [0.15, 0.2) is 4.34 Å². The van der Waals surface area contributed by atoms with Crippen molar-refractivity contribution in [3.8, 4) is 0 Å². The van der Waals surface area contributed by atoms with Crippen LogP contribution in [0.4, 0.5) is 0 Å². The summed E-state index contributed by atoms with van der Waals surface area (Å²) in [6.07, 6.45) is 1.14. The van der Waals surface area contributed by atoms with Gasteiger partial charge in [0.05, 0.1) is 5.02 Å². The van der Waals surface area contributed by atoms with Gasteiger partial charge in [-0.25, -0.2) is 0 Å². The van der Waals surface area contributed by atoms with E-state index in [4.69, 9.17) is 11.6 Å². The van der Waals surface area contributed by atoms with Crippen molar-refractivity contribution in [1.82, 2.24) is 15.5 Å². The molecule has 0 aliphatic heterocycles. The highest BCUT2D eigenvalue weighted by molar-refractivity contribution is 8.01. The molecule has 0 fully saturated rings. The van der Waals surface area contributed by atoms with Crippen molar-refractivity contribution in [3.05, 3.63) is 34.3 Å². The number of aromatic nitrogens is 2. The molecule has 0 saturated carbocycles. The summed E-state index contributed by atoms with van der Waals surface area (Å²) in [5.41, 5.74) is 2.93. The topological polar surface area (TPSA) is 37.8 Å². The van der Waals surface area contributed by atoms with Gasteiger partial charge in [-0.15, -0.1) is 10.2 Å². The highest BCUT2D eigenvalue weighted by Gasteiger charge is 2.06. The molecule has 1 aromatic carbocycles. The fourth-order valence-corrected chi connectivity index (χ4v) is 3.21. The van der Waals surface area contributed by atoms with Crippen LogP contribution in [0.3, 0.4) is 0 Å². The molecular weight excluding hydrogens is 286 g/mol. The fraction of sp³-hybridized carbons (Fsp3) is 0.333. The molecule has 0 amide bonds. The summed E-state index contributed by atoms with van der Waals surface area (Å²) in [6.45, 7) is 4.04. The number of benzene rings is 1. The summed E-state index contributed by atoms with van der Waals surface area (Å²) in [7, 11) is 0. The molecule has 96 valence electrons. The lowest BCUT2D eigenvalue weighted by molar-refractivity contribution is 0.675. The van der Waals surface area contributed by atoms with Crippen LogP contribution in [0.25, 0.3) is 0 Å². The summed E-state index contributed by atoms with van der Waals surface area (Å²) in [5.74, 6) is 0. The van der Waals surface area contributed by atoms with Crippen LogP contribution in [0.15, 0.2) is 32.9 Å². The highest BCUT2D eigenvalue weighted by atomic mass is 35.5. The van der Waals surface area contributed by atoms with Crippen LogP contribution in [0.2, 0.25) is 5.02 Å². The molecule has 6 heteroatoms.